The van der Waals surface area contributed by atoms with Gasteiger partial charge in [0.2, 0.25) is 0 Å². The standard InChI is InChI=1S/C14H23NO/c1-10-6-7-16-11(10)8-15-9-12-13(2,3)14(12,4)5/h6-7,12,15H,8-9H2,1-5H3. The summed E-state index contributed by atoms with van der Waals surface area (Å²) in [5.74, 6) is 1.84. The molecule has 1 N–H and O–H groups in total. The van der Waals surface area contributed by atoms with Gasteiger partial charge < -0.3 is 9.73 Å². The van der Waals surface area contributed by atoms with E-state index in [1.54, 1.807) is 6.26 Å². The molecule has 2 heteroatoms. The lowest BCUT2D eigenvalue weighted by molar-refractivity contribution is 0.457. The van der Waals surface area contributed by atoms with Crippen LogP contribution in [0.4, 0.5) is 0 Å². The first-order chi connectivity index (χ1) is 7.37. The van der Waals surface area contributed by atoms with Gasteiger partial charge in [0.05, 0.1) is 12.8 Å². The number of hydrogen-bond donors (Lipinski definition) is 1. The topological polar surface area (TPSA) is 25.2 Å². The van der Waals surface area contributed by atoms with Crippen LogP contribution in [0.5, 0.6) is 0 Å². The van der Waals surface area contributed by atoms with Crippen molar-refractivity contribution in [2.24, 2.45) is 16.7 Å². The van der Waals surface area contributed by atoms with Crippen LogP contribution in [-0.4, -0.2) is 6.54 Å². The number of aryl methyl sites for hydroxylation is 1. The monoisotopic (exact) mass is 221 g/mol. The maximum absolute atomic E-state index is 5.41. The minimum absolute atomic E-state index is 0.470. The van der Waals surface area contributed by atoms with Crippen molar-refractivity contribution in [1.29, 1.82) is 0 Å². The highest BCUT2D eigenvalue weighted by atomic mass is 16.3. The zero-order valence-corrected chi connectivity index (χ0v) is 11.1. The van der Waals surface area contributed by atoms with Crippen molar-refractivity contribution in [1.82, 2.24) is 5.32 Å². The van der Waals surface area contributed by atoms with E-state index in [0.717, 1.165) is 24.8 Å². The number of nitrogens with one attached hydrogen (secondary N) is 1. The molecule has 1 aliphatic rings. The number of rotatable bonds is 4. The van der Waals surface area contributed by atoms with Gasteiger partial charge in [-0.2, -0.15) is 0 Å². The summed E-state index contributed by atoms with van der Waals surface area (Å²) in [5, 5.41) is 3.51. The number of hydrogen-bond acceptors (Lipinski definition) is 2. The molecule has 1 fully saturated rings. The zero-order valence-electron chi connectivity index (χ0n) is 11.1. The van der Waals surface area contributed by atoms with E-state index in [1.807, 2.05) is 6.07 Å². The molecule has 1 aromatic heterocycles. The Kier molecular flexibility index (Phi) is 2.66. The molecule has 0 aromatic carbocycles. The summed E-state index contributed by atoms with van der Waals surface area (Å²) in [6, 6.07) is 2.02. The Labute approximate surface area is 98.4 Å². The Morgan fingerprint density at radius 1 is 1.25 bits per heavy atom. The molecule has 0 aliphatic heterocycles. The van der Waals surface area contributed by atoms with Crippen LogP contribution in [0.1, 0.15) is 39.0 Å². The molecule has 0 amide bonds. The summed E-state index contributed by atoms with van der Waals surface area (Å²) >= 11 is 0. The van der Waals surface area contributed by atoms with Gasteiger partial charge in [0.15, 0.2) is 0 Å². The van der Waals surface area contributed by atoms with Crippen molar-refractivity contribution in [3.05, 3.63) is 23.7 Å². The molecule has 0 saturated heterocycles. The van der Waals surface area contributed by atoms with E-state index in [-0.39, 0.29) is 0 Å². The smallest absolute Gasteiger partial charge is 0.120 e. The minimum atomic E-state index is 0.470. The molecule has 90 valence electrons. The van der Waals surface area contributed by atoms with Gasteiger partial charge in [-0.3, -0.25) is 0 Å². The summed E-state index contributed by atoms with van der Waals surface area (Å²) in [5.41, 5.74) is 2.18. The largest absolute Gasteiger partial charge is 0.468 e. The molecule has 16 heavy (non-hydrogen) atoms. The lowest BCUT2D eigenvalue weighted by atomic mass is 10.0. The van der Waals surface area contributed by atoms with Crippen LogP contribution in [0.15, 0.2) is 16.7 Å². The minimum Gasteiger partial charge on any atom is -0.468 e. The second-order valence-electron chi connectivity index (χ2n) is 6.15. The highest BCUT2D eigenvalue weighted by Gasteiger charge is 2.63. The van der Waals surface area contributed by atoms with Gasteiger partial charge in [-0.15, -0.1) is 0 Å². The van der Waals surface area contributed by atoms with Gasteiger partial charge in [-0.25, -0.2) is 0 Å². The van der Waals surface area contributed by atoms with Gasteiger partial charge in [0.25, 0.3) is 0 Å². The average molecular weight is 221 g/mol. The van der Waals surface area contributed by atoms with Crippen LogP contribution >= 0.6 is 0 Å². The fraction of sp³-hybridized carbons (Fsp3) is 0.714. The van der Waals surface area contributed by atoms with E-state index in [2.05, 4.69) is 39.9 Å². The number of furan rings is 1. The molecule has 0 atom stereocenters. The fourth-order valence-corrected chi connectivity index (χ4v) is 2.76. The Morgan fingerprint density at radius 3 is 2.31 bits per heavy atom. The third-order valence-corrected chi connectivity index (χ3v) is 4.92. The van der Waals surface area contributed by atoms with Crippen LogP contribution in [0.3, 0.4) is 0 Å². The first-order valence-corrected chi connectivity index (χ1v) is 6.11. The highest BCUT2D eigenvalue weighted by Crippen LogP contribution is 2.67. The first kappa shape index (κ1) is 11.7. The van der Waals surface area contributed by atoms with Gasteiger partial charge in [-0.1, -0.05) is 27.7 Å². The second kappa shape index (κ2) is 3.63. The molecule has 1 aliphatic carbocycles. The van der Waals surface area contributed by atoms with Crippen LogP contribution in [0.2, 0.25) is 0 Å². The molecule has 0 radical (unpaired) electrons. The lowest BCUT2D eigenvalue weighted by Gasteiger charge is -2.04. The van der Waals surface area contributed by atoms with E-state index in [4.69, 9.17) is 4.42 Å². The summed E-state index contributed by atoms with van der Waals surface area (Å²) in [6.45, 7) is 13.5. The Hall–Kier alpha value is -0.760. The normalized spacial score (nSPS) is 22.3. The van der Waals surface area contributed by atoms with Crippen molar-refractivity contribution >= 4 is 0 Å². The van der Waals surface area contributed by atoms with Crippen LogP contribution in [0, 0.1) is 23.7 Å². The maximum atomic E-state index is 5.41. The summed E-state index contributed by atoms with van der Waals surface area (Å²) in [4.78, 5) is 0. The van der Waals surface area contributed by atoms with E-state index < -0.39 is 0 Å². The molecule has 2 rings (SSSR count). The summed E-state index contributed by atoms with van der Waals surface area (Å²) in [6.07, 6.45) is 1.76. The Balaban J connectivity index is 1.81. The van der Waals surface area contributed by atoms with E-state index in [0.29, 0.717) is 10.8 Å². The third-order valence-electron chi connectivity index (χ3n) is 4.92. The van der Waals surface area contributed by atoms with E-state index in [1.165, 1.54) is 5.56 Å². The van der Waals surface area contributed by atoms with Crippen LogP contribution in [0.25, 0.3) is 0 Å². The van der Waals surface area contributed by atoms with Crippen molar-refractivity contribution in [3.63, 3.8) is 0 Å². The van der Waals surface area contributed by atoms with Crippen molar-refractivity contribution < 1.29 is 4.42 Å². The molecule has 0 bridgehead atoms. The van der Waals surface area contributed by atoms with Crippen molar-refractivity contribution in [2.75, 3.05) is 6.54 Å². The van der Waals surface area contributed by atoms with Crippen LogP contribution in [-0.2, 0) is 6.54 Å². The predicted molar refractivity (Wildman–Crippen MR) is 66.2 cm³/mol. The SMILES string of the molecule is Cc1ccoc1CNCC1C(C)(C)C1(C)C. The van der Waals surface area contributed by atoms with Gasteiger partial charge in [0.1, 0.15) is 5.76 Å². The van der Waals surface area contributed by atoms with Crippen LogP contribution < -0.4 is 5.32 Å². The molecular formula is C14H23NO. The molecule has 0 spiro atoms. The maximum Gasteiger partial charge on any atom is 0.120 e. The van der Waals surface area contributed by atoms with Crippen molar-refractivity contribution in [3.8, 4) is 0 Å². The Morgan fingerprint density at radius 2 is 1.88 bits per heavy atom. The highest BCUT2D eigenvalue weighted by molar-refractivity contribution is 5.15. The molecule has 1 saturated carbocycles. The average Bonchev–Trinajstić information content (AvgIpc) is 2.52. The molecular weight excluding hydrogens is 198 g/mol. The van der Waals surface area contributed by atoms with Gasteiger partial charge in [0, 0.05) is 0 Å². The summed E-state index contributed by atoms with van der Waals surface area (Å²) in [7, 11) is 0. The third kappa shape index (κ3) is 1.69. The molecule has 1 heterocycles. The quantitative estimate of drug-likeness (QED) is 0.843. The molecule has 1 aromatic rings. The predicted octanol–water partition coefficient (Wildman–Crippen LogP) is 3.36. The van der Waals surface area contributed by atoms with Gasteiger partial charge >= 0.3 is 0 Å². The first-order valence-electron chi connectivity index (χ1n) is 6.11. The molecule has 2 nitrogen and oxygen atoms in total. The lowest BCUT2D eigenvalue weighted by Crippen LogP contribution is -2.18. The molecule has 0 unspecified atom stereocenters. The summed E-state index contributed by atoms with van der Waals surface area (Å²) < 4.78 is 5.41. The van der Waals surface area contributed by atoms with E-state index in [9.17, 15) is 0 Å². The Bertz CT molecular complexity index is 362. The van der Waals surface area contributed by atoms with E-state index >= 15 is 0 Å². The van der Waals surface area contributed by atoms with Crippen molar-refractivity contribution in [2.45, 2.75) is 41.2 Å². The van der Waals surface area contributed by atoms with Gasteiger partial charge in [-0.05, 0) is 41.8 Å². The second-order valence-corrected chi connectivity index (χ2v) is 6.15. The fourth-order valence-electron chi connectivity index (χ4n) is 2.76. The zero-order chi connectivity index (χ0) is 12.0.